The zero-order chi connectivity index (χ0) is 11.4. The Balaban J connectivity index is 2.34. The van der Waals surface area contributed by atoms with Gasteiger partial charge in [0.15, 0.2) is 6.29 Å². The fourth-order valence-electron chi connectivity index (χ4n) is 2.01. The summed E-state index contributed by atoms with van der Waals surface area (Å²) in [5.41, 5.74) is 1.90. The summed E-state index contributed by atoms with van der Waals surface area (Å²) >= 11 is 1.62. The minimum Gasteiger partial charge on any atom is -0.368 e. The summed E-state index contributed by atoms with van der Waals surface area (Å²) in [5.74, 6) is 0. The Morgan fingerprint density at radius 2 is 2.12 bits per heavy atom. The van der Waals surface area contributed by atoms with Crippen molar-refractivity contribution in [3.63, 3.8) is 0 Å². The van der Waals surface area contributed by atoms with Crippen molar-refractivity contribution in [2.45, 2.75) is 4.90 Å². The van der Waals surface area contributed by atoms with E-state index < -0.39 is 0 Å². The van der Waals surface area contributed by atoms with E-state index in [0.29, 0.717) is 0 Å². The molecule has 1 saturated heterocycles. The van der Waals surface area contributed by atoms with Crippen LogP contribution in [0.3, 0.4) is 0 Å². The van der Waals surface area contributed by atoms with Crippen LogP contribution in [0.2, 0.25) is 0 Å². The second-order valence-corrected chi connectivity index (χ2v) is 4.60. The number of benzene rings is 1. The first-order valence-electron chi connectivity index (χ1n) is 5.44. The van der Waals surface area contributed by atoms with Crippen molar-refractivity contribution in [3.8, 4) is 0 Å². The Hall–Kier alpha value is -1.00. The van der Waals surface area contributed by atoms with Crippen LogP contribution in [0.15, 0.2) is 23.1 Å². The van der Waals surface area contributed by atoms with Gasteiger partial charge in [0.2, 0.25) is 0 Å². The Morgan fingerprint density at radius 1 is 1.38 bits per heavy atom. The highest BCUT2D eigenvalue weighted by Gasteiger charge is 2.15. The van der Waals surface area contributed by atoms with Gasteiger partial charge in [0.05, 0.1) is 5.56 Å². The molecule has 0 spiro atoms. The summed E-state index contributed by atoms with van der Waals surface area (Å²) < 4.78 is 0. The van der Waals surface area contributed by atoms with Gasteiger partial charge >= 0.3 is 0 Å². The van der Waals surface area contributed by atoms with Crippen molar-refractivity contribution < 1.29 is 4.79 Å². The zero-order valence-electron chi connectivity index (χ0n) is 9.40. The van der Waals surface area contributed by atoms with E-state index in [9.17, 15) is 4.79 Å². The monoisotopic (exact) mass is 236 g/mol. The van der Waals surface area contributed by atoms with Gasteiger partial charge in [0.1, 0.15) is 0 Å². The predicted octanol–water partition coefficient (Wildman–Crippen LogP) is 1.63. The van der Waals surface area contributed by atoms with E-state index >= 15 is 0 Å². The molecule has 0 saturated carbocycles. The summed E-state index contributed by atoms with van der Waals surface area (Å²) in [6.07, 6.45) is 2.98. The van der Waals surface area contributed by atoms with Crippen LogP contribution in [0.25, 0.3) is 0 Å². The maximum Gasteiger partial charge on any atom is 0.153 e. The van der Waals surface area contributed by atoms with Crippen molar-refractivity contribution in [1.29, 1.82) is 0 Å². The van der Waals surface area contributed by atoms with Gasteiger partial charge in [-0.15, -0.1) is 11.8 Å². The highest BCUT2D eigenvalue weighted by molar-refractivity contribution is 7.98. The topological polar surface area (TPSA) is 32.3 Å². The molecular formula is C12H16N2OS. The number of carbonyl (C=O) groups is 1. The van der Waals surface area contributed by atoms with Crippen LogP contribution in [-0.2, 0) is 0 Å². The third-order valence-electron chi connectivity index (χ3n) is 2.84. The van der Waals surface area contributed by atoms with E-state index in [1.807, 2.05) is 24.5 Å². The number of rotatable bonds is 3. The summed E-state index contributed by atoms with van der Waals surface area (Å²) in [6, 6.07) is 6.06. The van der Waals surface area contributed by atoms with Gasteiger partial charge in [-0.1, -0.05) is 6.07 Å². The summed E-state index contributed by atoms with van der Waals surface area (Å²) in [7, 11) is 0. The summed E-state index contributed by atoms with van der Waals surface area (Å²) in [5, 5.41) is 3.32. The number of anilines is 1. The molecule has 0 atom stereocenters. The number of thioether (sulfide) groups is 1. The molecule has 0 radical (unpaired) electrons. The molecule has 1 aromatic carbocycles. The SMILES string of the molecule is CSc1cccc(N2CCNCC2)c1C=O. The highest BCUT2D eigenvalue weighted by Crippen LogP contribution is 2.28. The minimum absolute atomic E-state index is 0.830. The normalized spacial score (nSPS) is 16.2. The van der Waals surface area contributed by atoms with Crippen LogP contribution in [0, 0.1) is 0 Å². The van der Waals surface area contributed by atoms with Crippen molar-refractivity contribution in [3.05, 3.63) is 23.8 Å². The molecule has 2 rings (SSSR count). The molecule has 1 fully saturated rings. The van der Waals surface area contributed by atoms with Crippen molar-refractivity contribution in [2.75, 3.05) is 37.3 Å². The van der Waals surface area contributed by atoms with E-state index in [0.717, 1.165) is 48.6 Å². The lowest BCUT2D eigenvalue weighted by atomic mass is 10.1. The van der Waals surface area contributed by atoms with E-state index in [1.54, 1.807) is 11.8 Å². The van der Waals surface area contributed by atoms with Crippen LogP contribution in [0.4, 0.5) is 5.69 Å². The van der Waals surface area contributed by atoms with E-state index in [-0.39, 0.29) is 0 Å². The molecular weight excluding hydrogens is 220 g/mol. The number of hydrogen-bond acceptors (Lipinski definition) is 4. The lowest BCUT2D eigenvalue weighted by Crippen LogP contribution is -2.43. The molecule has 4 heteroatoms. The fourth-order valence-corrected chi connectivity index (χ4v) is 2.60. The molecule has 1 heterocycles. The van der Waals surface area contributed by atoms with E-state index in [4.69, 9.17) is 0 Å². The van der Waals surface area contributed by atoms with Gasteiger partial charge < -0.3 is 10.2 Å². The molecule has 1 aliphatic heterocycles. The molecule has 0 aliphatic carbocycles. The van der Waals surface area contributed by atoms with Crippen LogP contribution in [0.5, 0.6) is 0 Å². The summed E-state index contributed by atoms with van der Waals surface area (Å²) in [6.45, 7) is 3.92. The van der Waals surface area contributed by atoms with Crippen molar-refractivity contribution in [2.24, 2.45) is 0 Å². The van der Waals surface area contributed by atoms with E-state index in [1.165, 1.54) is 0 Å². The first kappa shape index (κ1) is 11.5. The second-order valence-electron chi connectivity index (χ2n) is 3.75. The molecule has 0 amide bonds. The first-order valence-corrected chi connectivity index (χ1v) is 6.67. The number of carbonyl (C=O) groups excluding carboxylic acids is 1. The molecule has 0 aromatic heterocycles. The van der Waals surface area contributed by atoms with Crippen molar-refractivity contribution >= 4 is 23.7 Å². The number of piperazine rings is 1. The summed E-state index contributed by atoms with van der Waals surface area (Å²) in [4.78, 5) is 14.5. The molecule has 0 unspecified atom stereocenters. The molecule has 0 bridgehead atoms. The van der Waals surface area contributed by atoms with Crippen molar-refractivity contribution in [1.82, 2.24) is 5.32 Å². The Labute approximate surface area is 100 Å². The molecule has 86 valence electrons. The van der Waals surface area contributed by atoms with Crippen LogP contribution in [-0.4, -0.2) is 38.7 Å². The quantitative estimate of drug-likeness (QED) is 0.638. The largest absolute Gasteiger partial charge is 0.368 e. The number of nitrogens with zero attached hydrogens (tertiary/aromatic N) is 1. The maximum atomic E-state index is 11.2. The number of aldehydes is 1. The third-order valence-corrected chi connectivity index (χ3v) is 3.63. The fraction of sp³-hybridized carbons (Fsp3) is 0.417. The Bertz CT molecular complexity index is 375. The van der Waals surface area contributed by atoms with Crippen LogP contribution in [0.1, 0.15) is 10.4 Å². The predicted molar refractivity (Wildman–Crippen MR) is 68.7 cm³/mol. The standard InChI is InChI=1S/C12H16N2OS/c1-16-12-4-2-3-11(10(12)9-15)14-7-5-13-6-8-14/h2-4,9,13H,5-8H2,1H3. The molecule has 1 N–H and O–H groups in total. The number of nitrogens with one attached hydrogen (secondary N) is 1. The van der Waals surface area contributed by atoms with Gasteiger partial charge in [-0.05, 0) is 18.4 Å². The molecule has 3 nitrogen and oxygen atoms in total. The molecule has 1 aliphatic rings. The van der Waals surface area contributed by atoms with Crippen LogP contribution < -0.4 is 10.2 Å². The van der Waals surface area contributed by atoms with Gasteiger partial charge in [-0.25, -0.2) is 0 Å². The van der Waals surface area contributed by atoms with Gasteiger partial charge in [0, 0.05) is 36.8 Å². The van der Waals surface area contributed by atoms with Gasteiger partial charge in [-0.2, -0.15) is 0 Å². The molecule has 16 heavy (non-hydrogen) atoms. The first-order chi connectivity index (χ1) is 7.86. The number of hydrogen-bond donors (Lipinski definition) is 1. The zero-order valence-corrected chi connectivity index (χ0v) is 10.2. The third kappa shape index (κ3) is 2.23. The second kappa shape index (κ2) is 5.37. The van der Waals surface area contributed by atoms with Gasteiger partial charge in [0.25, 0.3) is 0 Å². The van der Waals surface area contributed by atoms with E-state index in [2.05, 4.69) is 10.2 Å². The Kier molecular flexibility index (Phi) is 3.85. The average molecular weight is 236 g/mol. The average Bonchev–Trinajstić information content (AvgIpc) is 2.38. The molecule has 1 aromatic rings. The maximum absolute atomic E-state index is 11.2. The van der Waals surface area contributed by atoms with Crippen LogP contribution >= 0.6 is 11.8 Å². The van der Waals surface area contributed by atoms with Gasteiger partial charge in [-0.3, -0.25) is 4.79 Å². The highest BCUT2D eigenvalue weighted by atomic mass is 32.2. The lowest BCUT2D eigenvalue weighted by molar-refractivity contribution is 0.112. The smallest absolute Gasteiger partial charge is 0.153 e. The lowest BCUT2D eigenvalue weighted by Gasteiger charge is -2.30. The minimum atomic E-state index is 0.830. The Morgan fingerprint density at radius 3 is 2.75 bits per heavy atom.